The maximum Gasteiger partial charge on any atom is 0.416 e. The number of thioether (sulfide) groups is 1. The molecule has 3 heterocycles. The molecule has 3 aliphatic rings. The third-order valence-electron chi connectivity index (χ3n) is 5.98. The van der Waals surface area contributed by atoms with Gasteiger partial charge in [0.05, 0.1) is 18.5 Å². The number of β-lactam (4-membered cyclic amide) rings is 1. The first-order chi connectivity index (χ1) is 17.1. The Hall–Kier alpha value is -3.80. The minimum Gasteiger partial charge on any atom is -0.341 e. The molecule has 1 saturated heterocycles. The normalized spacial score (nSPS) is 21.3. The molecule has 1 N–H and O–H groups in total. The fourth-order valence-corrected chi connectivity index (χ4v) is 5.54. The molecule has 3 aliphatic heterocycles. The van der Waals surface area contributed by atoms with Crippen LogP contribution >= 0.6 is 11.8 Å². The number of rotatable bonds is 4. The van der Waals surface area contributed by atoms with Crippen LogP contribution in [0.5, 0.6) is 0 Å². The van der Waals surface area contributed by atoms with Gasteiger partial charge in [-0.1, -0.05) is 30.3 Å². The van der Waals surface area contributed by atoms with E-state index in [9.17, 15) is 32.3 Å². The first kappa shape index (κ1) is 23.9. The van der Waals surface area contributed by atoms with Crippen LogP contribution in [0.4, 0.5) is 13.2 Å². The Kier molecular flexibility index (Phi) is 5.99. The molecular weight excluding hydrogens is 499 g/mol. The van der Waals surface area contributed by atoms with E-state index in [-0.39, 0.29) is 30.1 Å². The van der Waals surface area contributed by atoms with Crippen molar-refractivity contribution in [1.29, 1.82) is 0 Å². The number of amides is 3. The van der Waals surface area contributed by atoms with Gasteiger partial charge in [0.2, 0.25) is 5.91 Å². The first-order valence-corrected chi connectivity index (χ1v) is 11.9. The zero-order valence-corrected chi connectivity index (χ0v) is 19.3. The highest BCUT2D eigenvalue weighted by Gasteiger charge is 2.55. The number of fused-ring (bicyclic) bond motifs is 2. The van der Waals surface area contributed by atoms with Crippen molar-refractivity contribution in [1.82, 2.24) is 15.3 Å². The quantitative estimate of drug-likeness (QED) is 0.627. The summed E-state index contributed by atoms with van der Waals surface area (Å²) in [5.41, 5.74) is 0.330. The lowest BCUT2D eigenvalue weighted by Gasteiger charge is -2.51. The first-order valence-electron chi connectivity index (χ1n) is 10.8. The van der Waals surface area contributed by atoms with Crippen LogP contribution in [-0.2, 0) is 31.8 Å². The second kappa shape index (κ2) is 9.01. The van der Waals surface area contributed by atoms with Crippen LogP contribution in [-0.4, -0.2) is 57.4 Å². The van der Waals surface area contributed by atoms with Crippen molar-refractivity contribution in [2.24, 2.45) is 0 Å². The maximum atomic E-state index is 12.8. The van der Waals surface area contributed by atoms with Crippen molar-refractivity contribution in [3.05, 3.63) is 82.6 Å². The Balaban J connectivity index is 1.26. The summed E-state index contributed by atoms with van der Waals surface area (Å²) in [6, 6.07) is 11.8. The number of hydroxylamine groups is 2. The van der Waals surface area contributed by atoms with E-state index in [0.29, 0.717) is 11.3 Å². The Labute approximate surface area is 207 Å². The van der Waals surface area contributed by atoms with Gasteiger partial charge in [0.1, 0.15) is 17.1 Å². The number of nitrogens with zero attached hydrogens (tertiary/aromatic N) is 2. The number of hydrogen-bond acceptors (Lipinski definition) is 6. The topological polar surface area (TPSA) is 96.0 Å². The summed E-state index contributed by atoms with van der Waals surface area (Å²) in [7, 11) is 0. The van der Waals surface area contributed by atoms with E-state index < -0.39 is 40.9 Å². The molecule has 0 bridgehead atoms. The Morgan fingerprint density at radius 3 is 2.42 bits per heavy atom. The standard InChI is InChI=1S/C24H18F3N3O5S/c25-24(26,27)16-8-6-14(7-9-16)20(32)29-11-15-12-36-22-18(21(33)30(22)19(15)23(34)35-29)28-17(31)10-13-4-2-1-3-5-13/h1-9,18,22H,10-12H2,(H,28,31)/t18-,22?/m1/s1. The monoisotopic (exact) mass is 517 g/mol. The molecule has 186 valence electrons. The summed E-state index contributed by atoms with van der Waals surface area (Å²) in [5, 5.41) is 3.00. The molecule has 0 radical (unpaired) electrons. The molecule has 3 amide bonds. The largest absolute Gasteiger partial charge is 0.416 e. The number of halogens is 3. The molecule has 36 heavy (non-hydrogen) atoms. The highest BCUT2D eigenvalue weighted by atomic mass is 32.2. The second-order valence-electron chi connectivity index (χ2n) is 8.37. The summed E-state index contributed by atoms with van der Waals surface area (Å²) < 4.78 is 38.4. The van der Waals surface area contributed by atoms with Gasteiger partial charge in [-0.05, 0) is 35.4 Å². The minimum atomic E-state index is -4.54. The summed E-state index contributed by atoms with van der Waals surface area (Å²) in [4.78, 5) is 57.1. The molecule has 5 rings (SSSR count). The Bertz CT molecular complexity index is 1280. The average molecular weight is 517 g/mol. The molecular formula is C24H18F3N3O5S. The van der Waals surface area contributed by atoms with Crippen molar-refractivity contribution >= 4 is 35.5 Å². The Morgan fingerprint density at radius 2 is 1.75 bits per heavy atom. The lowest BCUT2D eigenvalue weighted by molar-refractivity contribution is -0.180. The third kappa shape index (κ3) is 4.32. The molecule has 0 aromatic heterocycles. The number of benzene rings is 2. The maximum absolute atomic E-state index is 12.8. The van der Waals surface area contributed by atoms with E-state index in [2.05, 4.69) is 5.32 Å². The summed E-state index contributed by atoms with van der Waals surface area (Å²) in [6.45, 7) is -0.130. The molecule has 2 aromatic rings. The summed E-state index contributed by atoms with van der Waals surface area (Å²) in [6.07, 6.45) is -4.43. The van der Waals surface area contributed by atoms with Gasteiger partial charge >= 0.3 is 12.1 Å². The van der Waals surface area contributed by atoms with Crippen LogP contribution in [0.3, 0.4) is 0 Å². The van der Waals surface area contributed by atoms with Gasteiger partial charge in [0.25, 0.3) is 11.8 Å². The lowest BCUT2D eigenvalue weighted by Crippen LogP contribution is -2.71. The molecule has 0 spiro atoms. The molecule has 2 atom stereocenters. The van der Waals surface area contributed by atoms with Gasteiger partial charge in [0.15, 0.2) is 0 Å². The van der Waals surface area contributed by atoms with Gasteiger partial charge in [-0.25, -0.2) is 4.79 Å². The zero-order chi connectivity index (χ0) is 25.6. The van der Waals surface area contributed by atoms with Crippen LogP contribution in [0.15, 0.2) is 65.9 Å². The van der Waals surface area contributed by atoms with Gasteiger partial charge in [-0.15, -0.1) is 11.8 Å². The van der Waals surface area contributed by atoms with E-state index in [4.69, 9.17) is 4.84 Å². The average Bonchev–Trinajstić information content (AvgIpc) is 2.86. The van der Waals surface area contributed by atoms with Crippen molar-refractivity contribution in [3.63, 3.8) is 0 Å². The predicted octanol–water partition coefficient (Wildman–Crippen LogP) is 2.52. The highest BCUT2D eigenvalue weighted by molar-refractivity contribution is 8.00. The van der Waals surface area contributed by atoms with Gasteiger partial charge in [-0.3, -0.25) is 19.3 Å². The van der Waals surface area contributed by atoms with E-state index in [1.807, 2.05) is 18.2 Å². The Morgan fingerprint density at radius 1 is 1.06 bits per heavy atom. The SMILES string of the molecule is O=C(Cc1ccccc1)N[C@@H]1C(=O)N2C3=C(CSC12)CN(C(=O)c1ccc(C(F)(F)F)cc1)OC3=O. The molecule has 1 unspecified atom stereocenters. The van der Waals surface area contributed by atoms with Crippen LogP contribution in [0.25, 0.3) is 0 Å². The smallest absolute Gasteiger partial charge is 0.341 e. The van der Waals surface area contributed by atoms with Gasteiger partial charge in [-0.2, -0.15) is 18.2 Å². The summed E-state index contributed by atoms with van der Waals surface area (Å²) in [5.74, 6) is -2.17. The molecule has 12 heteroatoms. The van der Waals surface area contributed by atoms with Crippen LogP contribution in [0.2, 0.25) is 0 Å². The van der Waals surface area contributed by atoms with Crippen LogP contribution < -0.4 is 5.32 Å². The van der Waals surface area contributed by atoms with E-state index in [1.165, 1.54) is 16.7 Å². The number of hydrogen-bond donors (Lipinski definition) is 1. The lowest BCUT2D eigenvalue weighted by atomic mass is 10.0. The predicted molar refractivity (Wildman–Crippen MR) is 121 cm³/mol. The van der Waals surface area contributed by atoms with Gasteiger partial charge < -0.3 is 10.2 Å². The number of carbonyl (C=O) groups excluding carboxylic acids is 4. The van der Waals surface area contributed by atoms with E-state index in [0.717, 1.165) is 34.9 Å². The van der Waals surface area contributed by atoms with Crippen LogP contribution in [0.1, 0.15) is 21.5 Å². The number of alkyl halides is 3. The zero-order valence-electron chi connectivity index (χ0n) is 18.4. The van der Waals surface area contributed by atoms with Crippen molar-refractivity contribution in [2.75, 3.05) is 12.3 Å². The van der Waals surface area contributed by atoms with Crippen LogP contribution in [0, 0.1) is 0 Å². The highest BCUT2D eigenvalue weighted by Crippen LogP contribution is 2.42. The van der Waals surface area contributed by atoms with E-state index in [1.54, 1.807) is 12.1 Å². The second-order valence-corrected chi connectivity index (χ2v) is 9.47. The summed E-state index contributed by atoms with van der Waals surface area (Å²) >= 11 is 1.34. The molecule has 2 aromatic carbocycles. The molecule has 0 aliphatic carbocycles. The molecule has 8 nitrogen and oxygen atoms in total. The third-order valence-corrected chi connectivity index (χ3v) is 7.32. The minimum absolute atomic E-state index is 0.0359. The number of nitrogens with one attached hydrogen (secondary N) is 1. The van der Waals surface area contributed by atoms with Gasteiger partial charge in [0, 0.05) is 11.3 Å². The van der Waals surface area contributed by atoms with E-state index >= 15 is 0 Å². The fraction of sp³-hybridized carbons (Fsp3) is 0.250. The fourth-order valence-electron chi connectivity index (χ4n) is 4.21. The van der Waals surface area contributed by atoms with Crippen molar-refractivity contribution < 1.29 is 37.2 Å². The molecule has 0 saturated carbocycles. The number of carbonyl (C=O) groups is 4. The molecule has 1 fully saturated rings. The van der Waals surface area contributed by atoms with Crippen molar-refractivity contribution in [3.8, 4) is 0 Å². The van der Waals surface area contributed by atoms with Crippen molar-refractivity contribution in [2.45, 2.75) is 24.0 Å².